The summed E-state index contributed by atoms with van der Waals surface area (Å²) in [6.07, 6.45) is 2.17. The van der Waals surface area contributed by atoms with Gasteiger partial charge in [-0.25, -0.2) is 0 Å². The summed E-state index contributed by atoms with van der Waals surface area (Å²) in [7, 11) is 1.71. The Morgan fingerprint density at radius 3 is 2.57 bits per heavy atom. The molecule has 0 aliphatic carbocycles. The largest absolute Gasteiger partial charge is 0.369 e. The average molecular weight is 188 g/mol. The van der Waals surface area contributed by atoms with Gasteiger partial charge in [-0.2, -0.15) is 0 Å². The van der Waals surface area contributed by atoms with Crippen molar-refractivity contribution in [2.75, 3.05) is 7.11 Å². The minimum Gasteiger partial charge on any atom is -0.369 e. The molecule has 0 aliphatic rings. The van der Waals surface area contributed by atoms with Crippen LogP contribution in [-0.4, -0.2) is 13.2 Å². The number of benzene rings is 1. The second-order valence-corrected chi connectivity index (χ2v) is 3.15. The third kappa shape index (κ3) is 3.64. The van der Waals surface area contributed by atoms with Crippen LogP contribution in [0, 0.1) is 11.8 Å². The predicted molar refractivity (Wildman–Crippen MR) is 59.0 cm³/mol. The first-order chi connectivity index (χ1) is 6.86. The summed E-state index contributed by atoms with van der Waals surface area (Å²) >= 11 is 0. The number of ether oxygens (including phenoxy) is 1. The smallest absolute Gasteiger partial charge is 0.118 e. The van der Waals surface area contributed by atoms with Crippen LogP contribution in [0.1, 0.15) is 25.3 Å². The Balaban J connectivity index is 2.61. The van der Waals surface area contributed by atoms with E-state index in [9.17, 15) is 0 Å². The fraction of sp³-hybridized carbons (Fsp3) is 0.385. The molecule has 0 saturated heterocycles. The number of methoxy groups -OCH3 is 1. The molecule has 0 amide bonds. The van der Waals surface area contributed by atoms with Crippen molar-refractivity contribution in [3.8, 4) is 11.8 Å². The zero-order chi connectivity index (χ0) is 10.2. The first kappa shape index (κ1) is 10.8. The van der Waals surface area contributed by atoms with E-state index in [4.69, 9.17) is 4.74 Å². The molecule has 1 aromatic rings. The Hall–Kier alpha value is -1.26. The molecule has 0 spiro atoms. The normalized spacial score (nSPS) is 11.6. The van der Waals surface area contributed by atoms with E-state index >= 15 is 0 Å². The van der Waals surface area contributed by atoms with Gasteiger partial charge in [0.1, 0.15) is 6.10 Å². The van der Waals surface area contributed by atoms with Crippen LogP contribution in [0.25, 0.3) is 0 Å². The van der Waals surface area contributed by atoms with Gasteiger partial charge in [0.05, 0.1) is 0 Å². The summed E-state index contributed by atoms with van der Waals surface area (Å²) in [4.78, 5) is 0. The Kier molecular flexibility index (Phi) is 4.82. The summed E-state index contributed by atoms with van der Waals surface area (Å²) in [6.45, 7) is 2.14. The van der Waals surface area contributed by atoms with Crippen LogP contribution >= 0.6 is 0 Å². The highest BCUT2D eigenvalue weighted by molar-refractivity contribution is 5.34. The molecule has 74 valence electrons. The highest BCUT2D eigenvalue weighted by Crippen LogP contribution is 2.00. The van der Waals surface area contributed by atoms with E-state index in [1.807, 2.05) is 30.3 Å². The Bertz CT molecular complexity index is 305. The molecule has 0 radical (unpaired) electrons. The quantitative estimate of drug-likeness (QED) is 0.663. The van der Waals surface area contributed by atoms with Crippen molar-refractivity contribution >= 4 is 0 Å². The third-order valence-corrected chi connectivity index (χ3v) is 1.99. The molecule has 0 aromatic heterocycles. The maximum atomic E-state index is 5.24. The molecule has 1 aromatic carbocycles. The number of hydrogen-bond acceptors (Lipinski definition) is 1. The highest BCUT2D eigenvalue weighted by atomic mass is 16.5. The molecular formula is C13H16O. The van der Waals surface area contributed by atoms with E-state index in [2.05, 4.69) is 18.8 Å². The summed E-state index contributed by atoms with van der Waals surface area (Å²) in [6, 6.07) is 9.99. The first-order valence-electron chi connectivity index (χ1n) is 4.96. The zero-order valence-electron chi connectivity index (χ0n) is 8.79. The number of rotatable bonds is 3. The summed E-state index contributed by atoms with van der Waals surface area (Å²) in [5, 5.41) is 0. The van der Waals surface area contributed by atoms with Gasteiger partial charge in [-0.1, -0.05) is 43.4 Å². The van der Waals surface area contributed by atoms with Crippen LogP contribution < -0.4 is 0 Å². The standard InChI is InChI=1S/C13H16O/c1-3-7-13(14-2)11-10-12-8-5-4-6-9-12/h4-6,8-9,13H,3,7H2,1-2H3. The van der Waals surface area contributed by atoms with Gasteiger partial charge in [0.25, 0.3) is 0 Å². The fourth-order valence-corrected chi connectivity index (χ4v) is 1.20. The molecule has 1 atom stereocenters. The molecular weight excluding hydrogens is 172 g/mol. The van der Waals surface area contributed by atoms with Crippen LogP contribution in [-0.2, 0) is 4.74 Å². The van der Waals surface area contributed by atoms with Gasteiger partial charge in [0.15, 0.2) is 0 Å². The summed E-state index contributed by atoms with van der Waals surface area (Å²) in [5.74, 6) is 6.22. The van der Waals surface area contributed by atoms with Gasteiger partial charge in [0, 0.05) is 12.7 Å². The molecule has 0 heterocycles. The third-order valence-electron chi connectivity index (χ3n) is 1.99. The van der Waals surface area contributed by atoms with Crippen molar-refractivity contribution in [1.29, 1.82) is 0 Å². The van der Waals surface area contributed by atoms with Crippen LogP contribution in [0.15, 0.2) is 30.3 Å². The minimum atomic E-state index is 0.0696. The van der Waals surface area contributed by atoms with E-state index < -0.39 is 0 Å². The van der Waals surface area contributed by atoms with Crippen molar-refractivity contribution in [2.45, 2.75) is 25.9 Å². The van der Waals surface area contributed by atoms with Crippen molar-refractivity contribution < 1.29 is 4.74 Å². The molecule has 0 fully saturated rings. The van der Waals surface area contributed by atoms with Crippen molar-refractivity contribution in [3.05, 3.63) is 35.9 Å². The lowest BCUT2D eigenvalue weighted by Gasteiger charge is -2.05. The van der Waals surface area contributed by atoms with E-state index in [-0.39, 0.29) is 6.10 Å². The van der Waals surface area contributed by atoms with E-state index in [1.54, 1.807) is 7.11 Å². The monoisotopic (exact) mass is 188 g/mol. The molecule has 1 unspecified atom stereocenters. The molecule has 1 nitrogen and oxygen atoms in total. The van der Waals surface area contributed by atoms with Crippen LogP contribution in [0.3, 0.4) is 0 Å². The number of hydrogen-bond donors (Lipinski definition) is 0. The van der Waals surface area contributed by atoms with E-state index in [0.717, 1.165) is 18.4 Å². The Morgan fingerprint density at radius 1 is 1.29 bits per heavy atom. The van der Waals surface area contributed by atoms with Gasteiger partial charge in [-0.05, 0) is 18.6 Å². The van der Waals surface area contributed by atoms with Crippen molar-refractivity contribution in [2.24, 2.45) is 0 Å². The molecule has 0 bridgehead atoms. The van der Waals surface area contributed by atoms with Gasteiger partial charge in [-0.15, -0.1) is 0 Å². The lowest BCUT2D eigenvalue weighted by Crippen LogP contribution is -2.06. The highest BCUT2D eigenvalue weighted by Gasteiger charge is 1.98. The second kappa shape index (κ2) is 6.23. The maximum Gasteiger partial charge on any atom is 0.118 e. The van der Waals surface area contributed by atoms with Crippen molar-refractivity contribution in [3.63, 3.8) is 0 Å². The molecule has 0 aliphatic heterocycles. The van der Waals surface area contributed by atoms with Gasteiger partial charge in [-0.3, -0.25) is 0 Å². The molecule has 1 heteroatoms. The van der Waals surface area contributed by atoms with Crippen molar-refractivity contribution in [1.82, 2.24) is 0 Å². The van der Waals surface area contributed by atoms with Crippen LogP contribution in [0.4, 0.5) is 0 Å². The second-order valence-electron chi connectivity index (χ2n) is 3.15. The van der Waals surface area contributed by atoms with Crippen LogP contribution in [0.5, 0.6) is 0 Å². The molecule has 0 N–H and O–H groups in total. The predicted octanol–water partition coefficient (Wildman–Crippen LogP) is 2.85. The van der Waals surface area contributed by atoms with E-state index in [0.29, 0.717) is 0 Å². The lowest BCUT2D eigenvalue weighted by atomic mass is 10.2. The molecule has 1 rings (SSSR count). The molecule has 0 saturated carbocycles. The lowest BCUT2D eigenvalue weighted by molar-refractivity contribution is 0.140. The molecule has 14 heavy (non-hydrogen) atoms. The van der Waals surface area contributed by atoms with Crippen LogP contribution in [0.2, 0.25) is 0 Å². The minimum absolute atomic E-state index is 0.0696. The first-order valence-corrected chi connectivity index (χ1v) is 4.96. The topological polar surface area (TPSA) is 9.23 Å². The van der Waals surface area contributed by atoms with E-state index in [1.165, 1.54) is 0 Å². The summed E-state index contributed by atoms with van der Waals surface area (Å²) < 4.78 is 5.24. The zero-order valence-corrected chi connectivity index (χ0v) is 8.79. The van der Waals surface area contributed by atoms with Gasteiger partial charge < -0.3 is 4.74 Å². The Labute approximate surface area is 86.1 Å². The van der Waals surface area contributed by atoms with Gasteiger partial charge >= 0.3 is 0 Å². The SMILES string of the molecule is CCCC(C#Cc1ccccc1)OC. The Morgan fingerprint density at radius 2 is 2.00 bits per heavy atom. The average Bonchev–Trinajstić information content (AvgIpc) is 2.25. The fourth-order valence-electron chi connectivity index (χ4n) is 1.20. The maximum absolute atomic E-state index is 5.24. The van der Waals surface area contributed by atoms with Gasteiger partial charge in [0.2, 0.25) is 0 Å². The summed E-state index contributed by atoms with van der Waals surface area (Å²) in [5.41, 5.74) is 1.05.